The molecule has 0 fully saturated rings. The zero-order valence-electron chi connectivity index (χ0n) is 9.93. The van der Waals surface area contributed by atoms with Crippen LogP contribution in [0.3, 0.4) is 0 Å². The van der Waals surface area contributed by atoms with Gasteiger partial charge in [0.1, 0.15) is 5.82 Å². The van der Waals surface area contributed by atoms with E-state index in [0.717, 1.165) is 12.2 Å². The number of carbonyl (C=O) groups excluding carboxylic acids is 1. The highest BCUT2D eigenvalue weighted by atomic mass is 32.2. The van der Waals surface area contributed by atoms with Crippen molar-refractivity contribution in [3.8, 4) is 0 Å². The van der Waals surface area contributed by atoms with Gasteiger partial charge >= 0.3 is 0 Å². The highest BCUT2D eigenvalue weighted by Crippen LogP contribution is 2.18. The second kappa shape index (κ2) is 6.86. The fraction of sp³-hybridized carbons (Fsp3) is 0.231. The summed E-state index contributed by atoms with van der Waals surface area (Å²) in [5, 5.41) is 9.22. The lowest BCUT2D eigenvalue weighted by Crippen LogP contribution is -2.11. The van der Waals surface area contributed by atoms with E-state index in [1.54, 1.807) is 24.0 Å². The average Bonchev–Trinajstić information content (AvgIpc) is 2.89. The van der Waals surface area contributed by atoms with Crippen molar-refractivity contribution in [1.82, 2.24) is 10.2 Å². The molecule has 5 heteroatoms. The van der Waals surface area contributed by atoms with Gasteiger partial charge in [0.25, 0.3) is 0 Å². The molecule has 2 aromatic rings. The Morgan fingerprint density at radius 3 is 2.83 bits per heavy atom. The number of amides is 1. The molecule has 1 aromatic carbocycles. The van der Waals surface area contributed by atoms with E-state index in [1.165, 1.54) is 4.90 Å². The van der Waals surface area contributed by atoms with Crippen LogP contribution >= 0.6 is 11.8 Å². The number of carbonyl (C=O) groups is 1. The van der Waals surface area contributed by atoms with E-state index >= 15 is 0 Å². The van der Waals surface area contributed by atoms with Crippen LogP contribution in [-0.2, 0) is 4.79 Å². The molecule has 0 atom stereocenters. The van der Waals surface area contributed by atoms with Crippen LogP contribution in [0, 0.1) is 0 Å². The fourth-order valence-corrected chi connectivity index (χ4v) is 2.35. The normalized spacial score (nSPS) is 10.2. The number of aromatic nitrogens is 2. The van der Waals surface area contributed by atoms with E-state index in [0.29, 0.717) is 12.2 Å². The lowest BCUT2D eigenvalue weighted by molar-refractivity contribution is -0.116. The summed E-state index contributed by atoms with van der Waals surface area (Å²) in [4.78, 5) is 12.8. The largest absolute Gasteiger partial charge is 0.311 e. The van der Waals surface area contributed by atoms with Gasteiger partial charge in [-0.15, -0.1) is 11.8 Å². The van der Waals surface area contributed by atoms with E-state index in [1.807, 2.05) is 18.2 Å². The predicted octanol–water partition coefficient (Wildman–Crippen LogP) is 2.92. The number of rotatable bonds is 6. The minimum atomic E-state index is 0.0212. The molecule has 18 heavy (non-hydrogen) atoms. The van der Waals surface area contributed by atoms with Crippen molar-refractivity contribution in [2.75, 3.05) is 11.1 Å². The summed E-state index contributed by atoms with van der Waals surface area (Å²) in [6.45, 7) is 0. The topological polar surface area (TPSA) is 57.8 Å². The van der Waals surface area contributed by atoms with Crippen LogP contribution in [0.15, 0.2) is 47.5 Å². The summed E-state index contributed by atoms with van der Waals surface area (Å²) in [5.74, 6) is 1.61. The van der Waals surface area contributed by atoms with Gasteiger partial charge < -0.3 is 5.32 Å². The number of aromatic amines is 1. The van der Waals surface area contributed by atoms with Gasteiger partial charge in [-0.25, -0.2) is 0 Å². The fourth-order valence-electron chi connectivity index (χ4n) is 1.48. The Morgan fingerprint density at radius 2 is 2.11 bits per heavy atom. The van der Waals surface area contributed by atoms with Crippen molar-refractivity contribution in [2.45, 2.75) is 17.7 Å². The third-order valence-electron chi connectivity index (χ3n) is 2.33. The van der Waals surface area contributed by atoms with E-state index in [9.17, 15) is 4.79 Å². The zero-order valence-corrected chi connectivity index (χ0v) is 10.7. The van der Waals surface area contributed by atoms with Gasteiger partial charge in [-0.1, -0.05) is 18.2 Å². The van der Waals surface area contributed by atoms with Gasteiger partial charge in [-0.3, -0.25) is 9.89 Å². The number of nitrogens with zero attached hydrogens (tertiary/aromatic N) is 1. The van der Waals surface area contributed by atoms with Gasteiger partial charge in [-0.2, -0.15) is 5.10 Å². The van der Waals surface area contributed by atoms with Crippen LogP contribution < -0.4 is 5.32 Å². The first-order valence-electron chi connectivity index (χ1n) is 5.81. The summed E-state index contributed by atoms with van der Waals surface area (Å²) in [5.41, 5.74) is 0. The maximum atomic E-state index is 11.6. The number of anilines is 1. The summed E-state index contributed by atoms with van der Waals surface area (Å²) >= 11 is 1.77. The molecule has 1 heterocycles. The molecule has 2 rings (SSSR count). The van der Waals surface area contributed by atoms with E-state index < -0.39 is 0 Å². The molecule has 94 valence electrons. The van der Waals surface area contributed by atoms with E-state index in [-0.39, 0.29) is 5.91 Å². The van der Waals surface area contributed by atoms with Crippen LogP contribution in [-0.4, -0.2) is 21.9 Å². The molecule has 1 amide bonds. The van der Waals surface area contributed by atoms with Crippen molar-refractivity contribution >= 4 is 23.5 Å². The van der Waals surface area contributed by atoms with Crippen LogP contribution in [0.1, 0.15) is 12.8 Å². The van der Waals surface area contributed by atoms with Gasteiger partial charge in [0.15, 0.2) is 0 Å². The number of H-pyrrole nitrogens is 1. The van der Waals surface area contributed by atoms with Crippen molar-refractivity contribution < 1.29 is 4.79 Å². The quantitative estimate of drug-likeness (QED) is 0.621. The minimum Gasteiger partial charge on any atom is -0.311 e. The van der Waals surface area contributed by atoms with E-state index in [4.69, 9.17) is 0 Å². The van der Waals surface area contributed by atoms with Gasteiger partial charge in [-0.05, 0) is 24.3 Å². The SMILES string of the molecule is O=C(CCCSc1ccccc1)Nc1ccn[nH]1. The smallest absolute Gasteiger partial charge is 0.225 e. The molecule has 0 aliphatic carbocycles. The van der Waals surface area contributed by atoms with Crippen molar-refractivity contribution in [3.63, 3.8) is 0 Å². The molecule has 4 nitrogen and oxygen atoms in total. The molecule has 0 radical (unpaired) electrons. The number of hydrogen-bond donors (Lipinski definition) is 2. The minimum absolute atomic E-state index is 0.0212. The molecule has 1 aromatic heterocycles. The molecule has 2 N–H and O–H groups in total. The van der Waals surface area contributed by atoms with Crippen molar-refractivity contribution in [3.05, 3.63) is 42.6 Å². The summed E-state index contributed by atoms with van der Waals surface area (Å²) in [6, 6.07) is 11.9. The number of benzene rings is 1. The lowest BCUT2D eigenvalue weighted by Gasteiger charge is -2.02. The summed E-state index contributed by atoms with van der Waals surface area (Å²) in [7, 11) is 0. The third-order valence-corrected chi connectivity index (χ3v) is 3.43. The molecular formula is C13H15N3OS. The van der Waals surface area contributed by atoms with Crippen LogP contribution in [0.5, 0.6) is 0 Å². The average molecular weight is 261 g/mol. The first-order chi connectivity index (χ1) is 8.84. The first-order valence-corrected chi connectivity index (χ1v) is 6.80. The molecule has 0 aliphatic rings. The second-order valence-corrected chi connectivity index (χ2v) is 4.95. The Labute approximate surface area is 110 Å². The van der Waals surface area contributed by atoms with Crippen molar-refractivity contribution in [1.29, 1.82) is 0 Å². The van der Waals surface area contributed by atoms with E-state index in [2.05, 4.69) is 27.6 Å². The molecule has 0 spiro atoms. The maximum Gasteiger partial charge on any atom is 0.225 e. The van der Waals surface area contributed by atoms with Gasteiger partial charge in [0.2, 0.25) is 5.91 Å². The summed E-state index contributed by atoms with van der Waals surface area (Å²) in [6.07, 6.45) is 3.00. The van der Waals surface area contributed by atoms with Crippen LogP contribution in [0.2, 0.25) is 0 Å². The molecule has 0 unspecified atom stereocenters. The highest BCUT2D eigenvalue weighted by Gasteiger charge is 2.02. The monoisotopic (exact) mass is 261 g/mol. The van der Waals surface area contributed by atoms with Crippen molar-refractivity contribution in [2.24, 2.45) is 0 Å². The predicted molar refractivity (Wildman–Crippen MR) is 73.6 cm³/mol. The van der Waals surface area contributed by atoms with Gasteiger partial charge in [0, 0.05) is 17.4 Å². The number of nitrogens with one attached hydrogen (secondary N) is 2. The molecule has 0 bridgehead atoms. The van der Waals surface area contributed by atoms with Crippen LogP contribution in [0.4, 0.5) is 5.82 Å². The Bertz CT molecular complexity index is 470. The lowest BCUT2D eigenvalue weighted by atomic mass is 10.3. The highest BCUT2D eigenvalue weighted by molar-refractivity contribution is 7.99. The number of hydrogen-bond acceptors (Lipinski definition) is 3. The molecule has 0 saturated carbocycles. The maximum absolute atomic E-state index is 11.6. The molecule has 0 aliphatic heterocycles. The third kappa shape index (κ3) is 4.25. The van der Waals surface area contributed by atoms with Crippen LogP contribution in [0.25, 0.3) is 0 Å². The first kappa shape index (κ1) is 12.7. The zero-order chi connectivity index (χ0) is 12.6. The Hall–Kier alpha value is -1.75. The Kier molecular flexibility index (Phi) is 4.84. The Morgan fingerprint density at radius 1 is 1.28 bits per heavy atom. The summed E-state index contributed by atoms with van der Waals surface area (Å²) < 4.78 is 0. The second-order valence-electron chi connectivity index (χ2n) is 3.78. The molecule has 0 saturated heterocycles. The number of thioether (sulfide) groups is 1. The Balaban J connectivity index is 1.62. The molecular weight excluding hydrogens is 246 g/mol. The van der Waals surface area contributed by atoms with Gasteiger partial charge in [0.05, 0.1) is 6.20 Å². The standard InChI is InChI=1S/C13H15N3OS/c17-13(15-12-8-9-14-16-12)7-4-10-18-11-5-2-1-3-6-11/h1-3,5-6,8-9H,4,7,10H2,(H2,14,15,16,17).